The molecule has 0 aliphatic carbocycles. The lowest BCUT2D eigenvalue weighted by Gasteiger charge is -2.10. The number of hydrogen-bond acceptors (Lipinski definition) is 6. The Kier molecular flexibility index (Phi) is 4.70. The number of benzene rings is 2. The molecule has 6 nitrogen and oxygen atoms in total. The highest BCUT2D eigenvalue weighted by Gasteiger charge is 2.13. The first kappa shape index (κ1) is 16.4. The zero-order chi connectivity index (χ0) is 17.8. The molecule has 0 saturated heterocycles. The summed E-state index contributed by atoms with van der Waals surface area (Å²) < 4.78 is 12.8. The number of para-hydroxylation sites is 2. The van der Waals surface area contributed by atoms with Gasteiger partial charge in [0, 0.05) is 11.6 Å². The van der Waals surface area contributed by atoms with E-state index in [0.29, 0.717) is 5.75 Å². The molecule has 4 aromatic rings. The minimum atomic E-state index is 0.605. The maximum atomic E-state index is 5.45. The van der Waals surface area contributed by atoms with Crippen LogP contribution < -0.4 is 4.74 Å². The Morgan fingerprint density at radius 2 is 1.88 bits per heavy atom. The van der Waals surface area contributed by atoms with E-state index in [9.17, 15) is 0 Å². The number of methoxy groups -OCH3 is 1. The number of hydrogen-bond donors (Lipinski definition) is 0. The highest BCUT2D eigenvalue weighted by Crippen LogP contribution is 2.29. The van der Waals surface area contributed by atoms with E-state index in [1.54, 1.807) is 13.4 Å². The van der Waals surface area contributed by atoms with Gasteiger partial charge < -0.3 is 9.26 Å². The van der Waals surface area contributed by atoms with Gasteiger partial charge in [-0.15, -0.1) is 10.2 Å². The second-order valence-electron chi connectivity index (χ2n) is 5.49. The largest absolute Gasteiger partial charge is 0.495 e. The maximum Gasteiger partial charge on any atom is 0.196 e. The van der Waals surface area contributed by atoms with Gasteiger partial charge in [0.25, 0.3) is 0 Å². The van der Waals surface area contributed by atoms with Gasteiger partial charge in [-0.25, -0.2) is 0 Å². The van der Waals surface area contributed by atoms with E-state index < -0.39 is 0 Å². The molecular formula is C19H16N4O2S. The molecule has 0 radical (unpaired) electrons. The van der Waals surface area contributed by atoms with Gasteiger partial charge in [0.2, 0.25) is 0 Å². The average Bonchev–Trinajstić information content (AvgIpc) is 3.36. The van der Waals surface area contributed by atoms with E-state index in [-0.39, 0.29) is 0 Å². The Labute approximate surface area is 154 Å². The summed E-state index contributed by atoms with van der Waals surface area (Å²) in [7, 11) is 1.65. The summed E-state index contributed by atoms with van der Waals surface area (Å²) in [6.45, 7) is 0. The van der Waals surface area contributed by atoms with Crippen LogP contribution >= 0.6 is 11.8 Å². The topological polar surface area (TPSA) is 66.0 Å². The van der Waals surface area contributed by atoms with Gasteiger partial charge in [-0.1, -0.05) is 59.4 Å². The molecule has 0 aliphatic heterocycles. The first-order chi connectivity index (χ1) is 12.8. The minimum absolute atomic E-state index is 0.605. The standard InChI is InChI=1S/C19H16N4O2S/c1-24-18-10-6-5-9-17(18)23-13-20-21-19(23)26-12-15-11-16(22-25-15)14-7-3-2-4-8-14/h2-11,13H,12H2,1H3. The lowest BCUT2D eigenvalue weighted by atomic mass is 10.1. The number of thioether (sulfide) groups is 1. The van der Waals surface area contributed by atoms with Gasteiger partial charge in [-0.3, -0.25) is 4.57 Å². The Balaban J connectivity index is 1.52. The smallest absolute Gasteiger partial charge is 0.196 e. The van der Waals surface area contributed by atoms with Crippen molar-refractivity contribution in [3.63, 3.8) is 0 Å². The summed E-state index contributed by atoms with van der Waals surface area (Å²) in [5.74, 6) is 2.15. The molecule has 0 bridgehead atoms. The molecule has 0 amide bonds. The maximum absolute atomic E-state index is 5.45. The SMILES string of the molecule is COc1ccccc1-n1cnnc1SCc1cc(-c2ccccc2)no1. The molecule has 0 unspecified atom stereocenters. The van der Waals surface area contributed by atoms with Crippen LogP contribution in [-0.2, 0) is 5.75 Å². The molecule has 130 valence electrons. The Morgan fingerprint density at radius 3 is 2.73 bits per heavy atom. The van der Waals surface area contributed by atoms with Crippen molar-refractivity contribution in [3.8, 4) is 22.7 Å². The average molecular weight is 364 g/mol. The highest BCUT2D eigenvalue weighted by molar-refractivity contribution is 7.98. The van der Waals surface area contributed by atoms with Gasteiger partial charge >= 0.3 is 0 Å². The van der Waals surface area contributed by atoms with Crippen LogP contribution in [0.3, 0.4) is 0 Å². The third-order valence-corrected chi connectivity index (χ3v) is 4.80. The van der Waals surface area contributed by atoms with Crippen LogP contribution in [-0.4, -0.2) is 27.0 Å². The normalized spacial score (nSPS) is 10.8. The van der Waals surface area contributed by atoms with Crippen LogP contribution in [0.25, 0.3) is 16.9 Å². The van der Waals surface area contributed by atoms with Crippen molar-refractivity contribution in [1.82, 2.24) is 19.9 Å². The molecule has 0 spiro atoms. The Hall–Kier alpha value is -3.06. The van der Waals surface area contributed by atoms with E-state index in [4.69, 9.17) is 9.26 Å². The number of nitrogens with zero attached hydrogens (tertiary/aromatic N) is 4. The first-order valence-corrected chi connectivity index (χ1v) is 9.01. The zero-order valence-electron chi connectivity index (χ0n) is 14.1. The quantitative estimate of drug-likeness (QED) is 0.477. The van der Waals surface area contributed by atoms with Crippen molar-refractivity contribution >= 4 is 11.8 Å². The summed E-state index contributed by atoms with van der Waals surface area (Å²) in [4.78, 5) is 0. The van der Waals surface area contributed by atoms with Gasteiger partial charge in [-0.05, 0) is 12.1 Å². The molecule has 0 atom stereocenters. The van der Waals surface area contributed by atoms with E-state index in [1.165, 1.54) is 11.8 Å². The third kappa shape index (κ3) is 3.34. The monoisotopic (exact) mass is 364 g/mol. The van der Waals surface area contributed by atoms with Crippen molar-refractivity contribution in [2.45, 2.75) is 10.9 Å². The van der Waals surface area contributed by atoms with E-state index in [1.807, 2.05) is 65.2 Å². The number of ether oxygens (including phenoxy) is 1. The van der Waals surface area contributed by atoms with Crippen molar-refractivity contribution < 1.29 is 9.26 Å². The molecule has 2 heterocycles. The van der Waals surface area contributed by atoms with E-state index in [0.717, 1.165) is 33.6 Å². The fraction of sp³-hybridized carbons (Fsp3) is 0.105. The fourth-order valence-electron chi connectivity index (χ4n) is 2.58. The first-order valence-electron chi connectivity index (χ1n) is 8.02. The van der Waals surface area contributed by atoms with Crippen LogP contribution in [0.4, 0.5) is 0 Å². The van der Waals surface area contributed by atoms with Gasteiger partial charge in [-0.2, -0.15) is 0 Å². The van der Waals surface area contributed by atoms with E-state index in [2.05, 4.69) is 15.4 Å². The van der Waals surface area contributed by atoms with Crippen molar-refractivity contribution in [2.75, 3.05) is 7.11 Å². The molecule has 0 fully saturated rings. The van der Waals surface area contributed by atoms with Crippen molar-refractivity contribution in [2.24, 2.45) is 0 Å². The molecule has 0 aliphatic rings. The molecule has 0 saturated carbocycles. The van der Waals surface area contributed by atoms with Crippen LogP contribution in [0, 0.1) is 0 Å². The summed E-state index contributed by atoms with van der Waals surface area (Å²) >= 11 is 1.53. The molecule has 2 aromatic carbocycles. The lowest BCUT2D eigenvalue weighted by molar-refractivity contribution is 0.397. The molecule has 7 heteroatoms. The minimum Gasteiger partial charge on any atom is -0.495 e. The highest BCUT2D eigenvalue weighted by atomic mass is 32.2. The summed E-state index contributed by atoms with van der Waals surface area (Å²) in [5.41, 5.74) is 2.75. The molecular weight excluding hydrogens is 348 g/mol. The lowest BCUT2D eigenvalue weighted by Crippen LogP contribution is -1.98. The van der Waals surface area contributed by atoms with E-state index >= 15 is 0 Å². The van der Waals surface area contributed by atoms with Crippen LogP contribution in [0.2, 0.25) is 0 Å². The summed E-state index contributed by atoms with van der Waals surface area (Å²) in [6.07, 6.45) is 1.68. The van der Waals surface area contributed by atoms with Gasteiger partial charge in [0.1, 0.15) is 23.5 Å². The zero-order valence-corrected chi connectivity index (χ0v) is 14.9. The number of aromatic nitrogens is 4. The number of rotatable bonds is 6. The molecule has 4 rings (SSSR count). The Bertz CT molecular complexity index is 997. The van der Waals surface area contributed by atoms with Crippen LogP contribution in [0.1, 0.15) is 5.76 Å². The third-order valence-electron chi connectivity index (χ3n) is 3.83. The summed E-state index contributed by atoms with van der Waals surface area (Å²) in [6, 6.07) is 19.7. The second kappa shape index (κ2) is 7.45. The predicted octanol–water partition coefficient (Wildman–Crippen LogP) is 4.22. The molecule has 26 heavy (non-hydrogen) atoms. The Morgan fingerprint density at radius 1 is 1.08 bits per heavy atom. The van der Waals surface area contributed by atoms with Gasteiger partial charge in [0.05, 0.1) is 18.6 Å². The molecule has 2 aromatic heterocycles. The predicted molar refractivity (Wildman–Crippen MR) is 99.4 cm³/mol. The van der Waals surface area contributed by atoms with Gasteiger partial charge in [0.15, 0.2) is 5.16 Å². The molecule has 0 N–H and O–H groups in total. The van der Waals surface area contributed by atoms with Crippen molar-refractivity contribution in [1.29, 1.82) is 0 Å². The summed E-state index contributed by atoms with van der Waals surface area (Å²) in [5, 5.41) is 13.1. The fourth-order valence-corrected chi connectivity index (χ4v) is 3.38. The van der Waals surface area contributed by atoms with Crippen LogP contribution in [0.15, 0.2) is 76.7 Å². The van der Waals surface area contributed by atoms with Crippen LogP contribution in [0.5, 0.6) is 5.75 Å². The second-order valence-corrected chi connectivity index (χ2v) is 6.43. The van der Waals surface area contributed by atoms with Crippen molar-refractivity contribution in [3.05, 3.63) is 72.8 Å².